The molecule has 50 valence electrons. The van der Waals surface area contributed by atoms with Crippen LogP contribution < -0.4 is 0 Å². The third-order valence-corrected chi connectivity index (χ3v) is 0.989. The zero-order valence-corrected chi connectivity index (χ0v) is 5.42. The van der Waals surface area contributed by atoms with E-state index in [1.165, 1.54) is 0 Å². The summed E-state index contributed by atoms with van der Waals surface area (Å²) in [6.45, 7) is 1.83. The molecule has 0 aliphatic heterocycles. The van der Waals surface area contributed by atoms with Gasteiger partial charge < -0.3 is 5.11 Å². The predicted octanol–water partition coefficient (Wildman–Crippen LogP) is 1.12. The first-order valence-electron chi connectivity index (χ1n) is 2.82. The maximum atomic E-state index is 10.0. The van der Waals surface area contributed by atoms with Crippen LogP contribution in [0.5, 0.6) is 0 Å². The number of rotatable bonds is 3. The molecule has 0 saturated heterocycles. The Morgan fingerprint density at radius 3 is 2.78 bits per heavy atom. The van der Waals surface area contributed by atoms with Crippen molar-refractivity contribution in [2.75, 3.05) is 0 Å². The van der Waals surface area contributed by atoms with Gasteiger partial charge in [-0.15, -0.1) is 12.3 Å². The van der Waals surface area contributed by atoms with Gasteiger partial charge in [-0.25, -0.2) is 0 Å². The smallest absolute Gasteiger partial charge is 0.303 e. The van der Waals surface area contributed by atoms with Crippen LogP contribution in [0.4, 0.5) is 0 Å². The molecule has 0 aliphatic rings. The number of carboxylic acids is 1. The SMILES string of the molecule is C#CC[C@@H](C)CC(=O)O. The molecule has 0 bridgehead atoms. The molecule has 0 saturated carbocycles. The van der Waals surface area contributed by atoms with Crippen LogP contribution in [0, 0.1) is 18.3 Å². The summed E-state index contributed by atoms with van der Waals surface area (Å²) in [6.07, 6.45) is 5.68. The maximum Gasteiger partial charge on any atom is 0.303 e. The number of carbonyl (C=O) groups is 1. The molecule has 0 aromatic heterocycles. The minimum Gasteiger partial charge on any atom is -0.481 e. The molecule has 0 aromatic carbocycles. The topological polar surface area (TPSA) is 37.3 Å². The summed E-state index contributed by atoms with van der Waals surface area (Å²) in [6, 6.07) is 0. The Hall–Kier alpha value is -0.970. The Labute approximate surface area is 54.9 Å². The average Bonchev–Trinajstić information content (AvgIpc) is 1.63. The van der Waals surface area contributed by atoms with Crippen molar-refractivity contribution in [3.8, 4) is 12.3 Å². The summed E-state index contributed by atoms with van der Waals surface area (Å²) < 4.78 is 0. The molecule has 0 radical (unpaired) electrons. The van der Waals surface area contributed by atoms with Gasteiger partial charge in [0, 0.05) is 12.8 Å². The Balaban J connectivity index is 3.40. The monoisotopic (exact) mass is 126 g/mol. The number of carboxylic acid groups (broad SMARTS) is 1. The van der Waals surface area contributed by atoms with E-state index in [0.29, 0.717) is 6.42 Å². The zero-order chi connectivity index (χ0) is 7.28. The van der Waals surface area contributed by atoms with Crippen molar-refractivity contribution >= 4 is 5.97 Å². The fourth-order valence-electron chi connectivity index (χ4n) is 0.571. The second-order valence-electron chi connectivity index (χ2n) is 2.11. The highest BCUT2D eigenvalue weighted by Gasteiger charge is 2.04. The van der Waals surface area contributed by atoms with Gasteiger partial charge in [-0.3, -0.25) is 4.79 Å². The van der Waals surface area contributed by atoms with Crippen molar-refractivity contribution in [1.29, 1.82) is 0 Å². The van der Waals surface area contributed by atoms with Gasteiger partial charge in [0.15, 0.2) is 0 Å². The van der Waals surface area contributed by atoms with Gasteiger partial charge in [0.05, 0.1) is 0 Å². The molecule has 2 nitrogen and oxygen atoms in total. The summed E-state index contributed by atoms with van der Waals surface area (Å²) in [5.74, 6) is 1.73. The van der Waals surface area contributed by atoms with Crippen LogP contribution in [0.25, 0.3) is 0 Å². The molecule has 0 heterocycles. The van der Waals surface area contributed by atoms with Gasteiger partial charge in [0.2, 0.25) is 0 Å². The van der Waals surface area contributed by atoms with Gasteiger partial charge in [0.25, 0.3) is 0 Å². The molecule has 0 aromatic rings. The third kappa shape index (κ3) is 4.89. The largest absolute Gasteiger partial charge is 0.481 e. The quantitative estimate of drug-likeness (QED) is 0.575. The zero-order valence-electron chi connectivity index (χ0n) is 5.42. The second-order valence-corrected chi connectivity index (χ2v) is 2.11. The van der Waals surface area contributed by atoms with Crippen LogP contribution >= 0.6 is 0 Å². The average molecular weight is 126 g/mol. The number of aliphatic carboxylic acids is 1. The molecule has 0 fully saturated rings. The van der Waals surface area contributed by atoms with Gasteiger partial charge >= 0.3 is 5.97 Å². The molecule has 1 N–H and O–H groups in total. The lowest BCUT2D eigenvalue weighted by atomic mass is 10.1. The molecule has 2 heteroatoms. The number of hydrogen-bond donors (Lipinski definition) is 1. The van der Waals surface area contributed by atoms with Crippen molar-refractivity contribution in [1.82, 2.24) is 0 Å². The lowest BCUT2D eigenvalue weighted by Crippen LogP contribution is -2.02. The summed E-state index contributed by atoms with van der Waals surface area (Å²) in [4.78, 5) is 10.0. The Morgan fingerprint density at radius 1 is 1.89 bits per heavy atom. The molecule has 0 amide bonds. The lowest BCUT2D eigenvalue weighted by Gasteiger charge is -2.00. The van der Waals surface area contributed by atoms with E-state index in [-0.39, 0.29) is 12.3 Å². The van der Waals surface area contributed by atoms with Crippen molar-refractivity contribution in [3.05, 3.63) is 0 Å². The highest BCUT2D eigenvalue weighted by Crippen LogP contribution is 2.04. The van der Waals surface area contributed by atoms with Gasteiger partial charge in [0.1, 0.15) is 0 Å². The van der Waals surface area contributed by atoms with E-state index in [2.05, 4.69) is 5.92 Å². The molecule has 0 rings (SSSR count). The van der Waals surface area contributed by atoms with Gasteiger partial charge in [-0.05, 0) is 5.92 Å². The van der Waals surface area contributed by atoms with E-state index >= 15 is 0 Å². The summed E-state index contributed by atoms with van der Waals surface area (Å²) >= 11 is 0. The maximum absolute atomic E-state index is 10.0. The van der Waals surface area contributed by atoms with E-state index in [1.54, 1.807) is 0 Å². The Bertz CT molecular complexity index is 132. The summed E-state index contributed by atoms with van der Waals surface area (Å²) in [5.41, 5.74) is 0. The van der Waals surface area contributed by atoms with E-state index in [9.17, 15) is 4.79 Å². The minimum atomic E-state index is -0.780. The standard InChI is InChI=1S/C7H10O2/c1-3-4-6(2)5-7(8)9/h1,6H,4-5H2,2H3,(H,8,9)/t6-/m1/s1. The van der Waals surface area contributed by atoms with Gasteiger partial charge in [-0.2, -0.15) is 0 Å². The van der Waals surface area contributed by atoms with Crippen molar-refractivity contribution in [2.24, 2.45) is 5.92 Å². The van der Waals surface area contributed by atoms with Crippen molar-refractivity contribution in [2.45, 2.75) is 19.8 Å². The fourth-order valence-corrected chi connectivity index (χ4v) is 0.571. The van der Waals surface area contributed by atoms with E-state index in [1.807, 2.05) is 6.92 Å². The molecule has 1 atom stereocenters. The van der Waals surface area contributed by atoms with Crippen LogP contribution in [0.2, 0.25) is 0 Å². The minimum absolute atomic E-state index is 0.104. The third-order valence-electron chi connectivity index (χ3n) is 0.989. The number of terminal acetylenes is 1. The second kappa shape index (κ2) is 3.96. The molecule has 0 unspecified atom stereocenters. The van der Waals surface area contributed by atoms with Gasteiger partial charge in [-0.1, -0.05) is 6.92 Å². The highest BCUT2D eigenvalue weighted by atomic mass is 16.4. The Morgan fingerprint density at radius 2 is 2.44 bits per heavy atom. The molecule has 0 spiro atoms. The van der Waals surface area contributed by atoms with E-state index < -0.39 is 5.97 Å². The van der Waals surface area contributed by atoms with E-state index in [0.717, 1.165) is 0 Å². The van der Waals surface area contributed by atoms with Crippen LogP contribution in [0.1, 0.15) is 19.8 Å². The Kier molecular flexibility index (Phi) is 3.54. The first-order valence-corrected chi connectivity index (χ1v) is 2.82. The highest BCUT2D eigenvalue weighted by molar-refractivity contribution is 5.66. The summed E-state index contributed by atoms with van der Waals surface area (Å²) in [7, 11) is 0. The molecule has 0 aliphatic carbocycles. The van der Waals surface area contributed by atoms with Crippen molar-refractivity contribution in [3.63, 3.8) is 0 Å². The summed E-state index contributed by atoms with van der Waals surface area (Å²) in [5, 5.41) is 8.24. The molecular weight excluding hydrogens is 116 g/mol. The normalized spacial score (nSPS) is 12.0. The fraction of sp³-hybridized carbons (Fsp3) is 0.571. The first kappa shape index (κ1) is 8.03. The van der Waals surface area contributed by atoms with Crippen LogP contribution in [0.3, 0.4) is 0 Å². The molecular formula is C7H10O2. The van der Waals surface area contributed by atoms with Crippen LogP contribution in [-0.2, 0) is 4.79 Å². The first-order chi connectivity index (χ1) is 4.16. The molecule has 9 heavy (non-hydrogen) atoms. The van der Waals surface area contributed by atoms with Crippen LogP contribution in [-0.4, -0.2) is 11.1 Å². The predicted molar refractivity (Wildman–Crippen MR) is 34.9 cm³/mol. The van der Waals surface area contributed by atoms with E-state index in [4.69, 9.17) is 11.5 Å². The lowest BCUT2D eigenvalue weighted by molar-refractivity contribution is -0.137. The van der Waals surface area contributed by atoms with Crippen molar-refractivity contribution < 1.29 is 9.90 Å². The number of hydrogen-bond acceptors (Lipinski definition) is 1. The van der Waals surface area contributed by atoms with Crippen LogP contribution in [0.15, 0.2) is 0 Å².